The molecule has 21 heavy (non-hydrogen) atoms. The second-order valence-electron chi connectivity index (χ2n) is 6.46. The van der Waals surface area contributed by atoms with Crippen LogP contribution in [0.1, 0.15) is 55.6 Å². The first kappa shape index (κ1) is 15.1. The summed E-state index contributed by atoms with van der Waals surface area (Å²) in [5.41, 5.74) is 2.62. The molecule has 1 amide bonds. The van der Waals surface area contributed by atoms with Crippen molar-refractivity contribution in [2.24, 2.45) is 5.92 Å². The number of fused-ring (bicyclic) bond motifs is 1. The Kier molecular flexibility index (Phi) is 4.99. The number of halogens is 1. The Hall–Kier alpha value is -0.830. The van der Waals surface area contributed by atoms with Crippen molar-refractivity contribution in [3.8, 4) is 0 Å². The van der Waals surface area contributed by atoms with Gasteiger partial charge in [0.2, 0.25) is 5.91 Å². The highest BCUT2D eigenvalue weighted by molar-refractivity contribution is 9.09. The third kappa shape index (κ3) is 3.33. The lowest BCUT2D eigenvalue weighted by atomic mass is 9.81. The van der Waals surface area contributed by atoms with E-state index in [0.717, 1.165) is 31.0 Å². The minimum atomic E-state index is 0.0628. The zero-order chi connectivity index (χ0) is 14.7. The van der Waals surface area contributed by atoms with Gasteiger partial charge in [0.1, 0.15) is 0 Å². The normalized spacial score (nSPS) is 28.7. The van der Waals surface area contributed by atoms with Gasteiger partial charge in [-0.25, -0.2) is 0 Å². The van der Waals surface area contributed by atoms with Crippen LogP contribution in [-0.4, -0.2) is 17.3 Å². The Morgan fingerprint density at radius 1 is 1.14 bits per heavy atom. The summed E-state index contributed by atoms with van der Waals surface area (Å²) in [5.74, 6) is 0.911. The molecular weight excluding hydrogens is 326 g/mol. The van der Waals surface area contributed by atoms with Crippen LogP contribution in [0.15, 0.2) is 24.3 Å². The number of rotatable bonds is 3. The quantitative estimate of drug-likeness (QED) is 0.815. The predicted molar refractivity (Wildman–Crippen MR) is 89.8 cm³/mol. The van der Waals surface area contributed by atoms with E-state index in [1.54, 1.807) is 0 Å². The molecule has 3 unspecified atom stereocenters. The lowest BCUT2D eigenvalue weighted by Gasteiger charge is -2.33. The van der Waals surface area contributed by atoms with Gasteiger partial charge in [-0.2, -0.15) is 0 Å². The summed E-state index contributed by atoms with van der Waals surface area (Å²) >= 11 is 3.61. The van der Waals surface area contributed by atoms with Gasteiger partial charge in [-0.3, -0.25) is 4.79 Å². The number of hydrogen-bond donors (Lipinski definition) is 1. The van der Waals surface area contributed by atoms with Crippen LogP contribution in [0.5, 0.6) is 0 Å². The summed E-state index contributed by atoms with van der Waals surface area (Å²) in [6.07, 6.45) is 8.15. The number of aryl methyl sites for hydroxylation is 1. The van der Waals surface area contributed by atoms with E-state index >= 15 is 0 Å². The molecule has 3 heteroatoms. The number of nitrogens with one attached hydrogen (secondary N) is 1. The standard InChI is InChI=1S/C18H24BrNO/c19-12-14-7-2-4-11-17(14)20-18(21)16-10-5-8-13-6-1-3-9-15(13)16/h1,3,6,9,14,16-17H,2,4-5,7-8,10-12H2,(H,20,21). The van der Waals surface area contributed by atoms with Crippen LogP contribution >= 0.6 is 15.9 Å². The monoisotopic (exact) mass is 349 g/mol. The van der Waals surface area contributed by atoms with Gasteiger partial charge in [-0.1, -0.05) is 53.0 Å². The van der Waals surface area contributed by atoms with Crippen LogP contribution in [0, 0.1) is 5.92 Å². The molecule has 0 aliphatic heterocycles. The van der Waals surface area contributed by atoms with Crippen LogP contribution in [0.4, 0.5) is 0 Å². The number of hydrogen-bond acceptors (Lipinski definition) is 1. The molecule has 0 spiro atoms. The summed E-state index contributed by atoms with van der Waals surface area (Å²) < 4.78 is 0. The van der Waals surface area contributed by atoms with Crippen molar-refractivity contribution >= 4 is 21.8 Å². The van der Waals surface area contributed by atoms with E-state index < -0.39 is 0 Å². The molecule has 3 rings (SSSR count). The zero-order valence-corrected chi connectivity index (χ0v) is 14.1. The van der Waals surface area contributed by atoms with Gasteiger partial charge in [0.15, 0.2) is 0 Å². The largest absolute Gasteiger partial charge is 0.353 e. The van der Waals surface area contributed by atoms with Crippen molar-refractivity contribution in [1.29, 1.82) is 0 Å². The van der Waals surface area contributed by atoms with Gasteiger partial charge in [0.25, 0.3) is 0 Å². The van der Waals surface area contributed by atoms with Crippen LogP contribution in [-0.2, 0) is 11.2 Å². The lowest BCUT2D eigenvalue weighted by molar-refractivity contribution is -0.124. The SMILES string of the molecule is O=C(NC1CCCCC1CBr)C1CCCc2ccccc21. The van der Waals surface area contributed by atoms with Gasteiger partial charge in [-0.05, 0) is 49.1 Å². The molecule has 1 N–H and O–H groups in total. The van der Waals surface area contributed by atoms with Crippen LogP contribution < -0.4 is 5.32 Å². The Labute approximate surface area is 135 Å². The highest BCUT2D eigenvalue weighted by atomic mass is 79.9. The molecule has 1 aromatic carbocycles. The van der Waals surface area contributed by atoms with Gasteiger partial charge >= 0.3 is 0 Å². The third-order valence-electron chi connectivity index (χ3n) is 5.12. The van der Waals surface area contributed by atoms with E-state index in [1.165, 1.54) is 30.4 Å². The fourth-order valence-corrected chi connectivity index (χ4v) is 4.67. The molecule has 0 aromatic heterocycles. The zero-order valence-electron chi connectivity index (χ0n) is 12.5. The molecular formula is C18H24BrNO. The van der Waals surface area contributed by atoms with E-state index in [1.807, 2.05) is 0 Å². The summed E-state index contributed by atoms with van der Waals surface area (Å²) in [5, 5.41) is 4.36. The number of carbonyl (C=O) groups is 1. The Morgan fingerprint density at radius 3 is 2.81 bits per heavy atom. The molecule has 2 nitrogen and oxygen atoms in total. The second-order valence-corrected chi connectivity index (χ2v) is 7.11. The molecule has 3 atom stereocenters. The van der Waals surface area contributed by atoms with E-state index in [-0.39, 0.29) is 11.8 Å². The fraction of sp³-hybridized carbons (Fsp3) is 0.611. The molecule has 114 valence electrons. The number of carbonyl (C=O) groups excluding carboxylic acids is 1. The first-order chi connectivity index (χ1) is 10.3. The predicted octanol–water partition coefficient (Wildman–Crippen LogP) is 4.18. The molecule has 1 aromatic rings. The summed E-state index contributed by atoms with van der Waals surface area (Å²) in [4.78, 5) is 12.8. The third-order valence-corrected chi connectivity index (χ3v) is 5.95. The van der Waals surface area contributed by atoms with Crippen molar-refractivity contribution in [3.05, 3.63) is 35.4 Å². The van der Waals surface area contributed by atoms with Gasteiger partial charge in [-0.15, -0.1) is 0 Å². The van der Waals surface area contributed by atoms with Crippen molar-refractivity contribution < 1.29 is 4.79 Å². The maximum atomic E-state index is 12.8. The van der Waals surface area contributed by atoms with Crippen LogP contribution in [0.2, 0.25) is 0 Å². The highest BCUT2D eigenvalue weighted by Crippen LogP contribution is 2.33. The molecule has 0 heterocycles. The lowest BCUT2D eigenvalue weighted by Crippen LogP contribution is -2.45. The average Bonchev–Trinajstić information content (AvgIpc) is 2.54. The molecule has 1 saturated carbocycles. The van der Waals surface area contributed by atoms with E-state index in [4.69, 9.17) is 0 Å². The summed E-state index contributed by atoms with van der Waals surface area (Å²) in [6, 6.07) is 8.82. The Morgan fingerprint density at radius 2 is 1.95 bits per heavy atom. The second kappa shape index (κ2) is 6.95. The molecule has 1 fully saturated rings. The first-order valence-corrected chi connectivity index (χ1v) is 9.36. The number of benzene rings is 1. The maximum Gasteiger partial charge on any atom is 0.227 e. The smallest absolute Gasteiger partial charge is 0.227 e. The molecule has 0 saturated heterocycles. The van der Waals surface area contributed by atoms with Crippen LogP contribution in [0.3, 0.4) is 0 Å². The summed E-state index contributed by atoms with van der Waals surface area (Å²) in [7, 11) is 0. The number of amides is 1. The van der Waals surface area contributed by atoms with Crippen LogP contribution in [0.25, 0.3) is 0 Å². The Balaban J connectivity index is 1.71. The molecule has 2 aliphatic rings. The minimum Gasteiger partial charge on any atom is -0.353 e. The van der Waals surface area contributed by atoms with Crippen molar-refractivity contribution in [1.82, 2.24) is 5.32 Å². The first-order valence-electron chi connectivity index (χ1n) is 8.23. The van der Waals surface area contributed by atoms with E-state index in [2.05, 4.69) is 45.5 Å². The van der Waals surface area contributed by atoms with E-state index in [9.17, 15) is 4.79 Å². The number of alkyl halides is 1. The Bertz CT molecular complexity index is 502. The van der Waals surface area contributed by atoms with Gasteiger partial charge in [0, 0.05) is 11.4 Å². The maximum absolute atomic E-state index is 12.8. The van der Waals surface area contributed by atoms with Crippen molar-refractivity contribution in [2.45, 2.75) is 56.9 Å². The van der Waals surface area contributed by atoms with Gasteiger partial charge < -0.3 is 5.32 Å². The van der Waals surface area contributed by atoms with E-state index in [0.29, 0.717) is 12.0 Å². The topological polar surface area (TPSA) is 29.1 Å². The van der Waals surface area contributed by atoms with Gasteiger partial charge in [0.05, 0.1) is 5.92 Å². The minimum absolute atomic E-state index is 0.0628. The molecule has 2 aliphatic carbocycles. The van der Waals surface area contributed by atoms with Crippen molar-refractivity contribution in [3.63, 3.8) is 0 Å². The average molecular weight is 350 g/mol. The summed E-state index contributed by atoms with van der Waals surface area (Å²) in [6.45, 7) is 0. The fourth-order valence-electron chi connectivity index (χ4n) is 3.89. The highest BCUT2D eigenvalue weighted by Gasteiger charge is 2.30. The molecule has 0 bridgehead atoms. The van der Waals surface area contributed by atoms with Crippen molar-refractivity contribution in [2.75, 3.05) is 5.33 Å². The molecule has 0 radical (unpaired) electrons.